The lowest BCUT2D eigenvalue weighted by atomic mass is 10.1. The Kier molecular flexibility index (Phi) is 8.54. The number of quaternary nitrogens is 1. The summed E-state index contributed by atoms with van der Waals surface area (Å²) in [7, 11) is 1.84. The molecule has 0 bridgehead atoms. The zero-order chi connectivity index (χ0) is 15.8. The molecular formula is C12H28N2O5P+. The molecule has 0 aliphatic rings. The highest BCUT2D eigenvalue weighted by molar-refractivity contribution is 7.47. The van der Waals surface area contributed by atoms with Crippen LogP contribution < -0.4 is 5.32 Å². The van der Waals surface area contributed by atoms with Gasteiger partial charge < -0.3 is 14.7 Å². The third-order valence-corrected chi connectivity index (χ3v) is 3.75. The third kappa shape index (κ3) is 10.3. The molecule has 0 aliphatic heterocycles. The van der Waals surface area contributed by atoms with Crippen LogP contribution in [0.4, 0.5) is 0 Å². The number of carbonyl (C=O) groups excluding carboxylic acids is 1. The Balaban J connectivity index is 3.83. The van der Waals surface area contributed by atoms with Crippen LogP contribution in [0.2, 0.25) is 0 Å². The minimum atomic E-state index is -4.03. The van der Waals surface area contributed by atoms with Gasteiger partial charge in [0, 0.05) is 12.5 Å². The first-order valence-corrected chi connectivity index (χ1v) is 8.27. The maximum Gasteiger partial charge on any atom is 0.472 e. The number of hydrogen-bond donors (Lipinski definition) is 2. The minimum Gasteiger partial charge on any atom is -0.354 e. The van der Waals surface area contributed by atoms with Crippen molar-refractivity contribution < 1.29 is 27.8 Å². The molecule has 2 unspecified atom stereocenters. The van der Waals surface area contributed by atoms with E-state index in [4.69, 9.17) is 9.05 Å². The maximum atomic E-state index is 11.5. The highest BCUT2D eigenvalue weighted by Gasteiger charge is 2.22. The number of carbonyl (C=O) groups is 1. The standard InChI is InChI=1S/C12H27N2O5P/c1-6-11(2)12(15)13-7-9-18-20(16,17)19-10-8-14(3,4)5/h11H,6-10H2,1-5H3,(H-,13,15,16,17)/p+1. The van der Waals surface area contributed by atoms with Gasteiger partial charge in [0.1, 0.15) is 13.2 Å². The van der Waals surface area contributed by atoms with Crippen LogP contribution in [0.1, 0.15) is 20.3 Å². The van der Waals surface area contributed by atoms with Gasteiger partial charge in [-0.3, -0.25) is 13.8 Å². The molecule has 1 amide bonds. The third-order valence-electron chi connectivity index (χ3n) is 2.73. The molecule has 0 radical (unpaired) electrons. The average Bonchev–Trinajstić information content (AvgIpc) is 2.31. The van der Waals surface area contributed by atoms with Gasteiger partial charge in [0.15, 0.2) is 0 Å². The normalized spacial score (nSPS) is 16.5. The van der Waals surface area contributed by atoms with E-state index in [0.717, 1.165) is 6.42 Å². The molecule has 2 atom stereocenters. The van der Waals surface area contributed by atoms with E-state index in [1.54, 1.807) is 0 Å². The van der Waals surface area contributed by atoms with Crippen molar-refractivity contribution in [3.63, 3.8) is 0 Å². The smallest absolute Gasteiger partial charge is 0.354 e. The highest BCUT2D eigenvalue weighted by Crippen LogP contribution is 2.42. The van der Waals surface area contributed by atoms with E-state index >= 15 is 0 Å². The van der Waals surface area contributed by atoms with Gasteiger partial charge in [-0.25, -0.2) is 4.57 Å². The molecule has 0 aromatic rings. The Morgan fingerprint density at radius 1 is 1.30 bits per heavy atom. The van der Waals surface area contributed by atoms with E-state index in [1.807, 2.05) is 35.0 Å². The van der Waals surface area contributed by atoms with Crippen molar-refractivity contribution in [3.05, 3.63) is 0 Å². The first-order valence-electron chi connectivity index (χ1n) is 6.77. The quantitative estimate of drug-likeness (QED) is 0.357. The van der Waals surface area contributed by atoms with Crippen LogP contribution in [0.5, 0.6) is 0 Å². The van der Waals surface area contributed by atoms with Crippen LogP contribution in [0.15, 0.2) is 0 Å². The Hall–Kier alpha value is -0.460. The van der Waals surface area contributed by atoms with Crippen LogP contribution in [0.3, 0.4) is 0 Å². The van der Waals surface area contributed by atoms with Crippen LogP contribution in [-0.2, 0) is 18.4 Å². The largest absolute Gasteiger partial charge is 0.472 e. The number of phosphoric acid groups is 1. The van der Waals surface area contributed by atoms with E-state index < -0.39 is 7.82 Å². The van der Waals surface area contributed by atoms with Gasteiger partial charge in [-0.1, -0.05) is 13.8 Å². The molecule has 0 heterocycles. The lowest BCUT2D eigenvalue weighted by molar-refractivity contribution is -0.870. The average molecular weight is 311 g/mol. The molecule has 2 N–H and O–H groups in total. The van der Waals surface area contributed by atoms with Crippen LogP contribution in [-0.4, -0.2) is 62.7 Å². The molecule has 0 aromatic carbocycles. The van der Waals surface area contributed by atoms with E-state index in [0.29, 0.717) is 11.0 Å². The van der Waals surface area contributed by atoms with Gasteiger partial charge in [-0.2, -0.15) is 0 Å². The molecule has 0 saturated carbocycles. The predicted octanol–water partition coefficient (Wildman–Crippen LogP) is 0.988. The molecule has 7 nitrogen and oxygen atoms in total. The first kappa shape index (κ1) is 19.5. The van der Waals surface area contributed by atoms with Crippen molar-refractivity contribution in [2.75, 3.05) is 47.4 Å². The monoisotopic (exact) mass is 311 g/mol. The van der Waals surface area contributed by atoms with Crippen LogP contribution >= 0.6 is 7.82 Å². The van der Waals surface area contributed by atoms with Crippen molar-refractivity contribution in [3.8, 4) is 0 Å². The Bertz CT molecular complexity index is 343. The van der Waals surface area contributed by atoms with Gasteiger partial charge in [0.25, 0.3) is 0 Å². The summed E-state index contributed by atoms with van der Waals surface area (Å²) in [5.41, 5.74) is 0. The Morgan fingerprint density at radius 3 is 2.35 bits per heavy atom. The molecule has 0 aromatic heterocycles. The molecule has 120 valence electrons. The molecule has 0 spiro atoms. The van der Waals surface area contributed by atoms with E-state index in [9.17, 15) is 14.3 Å². The zero-order valence-corrected chi connectivity index (χ0v) is 14.0. The van der Waals surface area contributed by atoms with Crippen molar-refractivity contribution in [2.45, 2.75) is 20.3 Å². The lowest BCUT2D eigenvalue weighted by Crippen LogP contribution is -2.37. The number of phosphoric ester groups is 1. The molecule has 0 aliphatic carbocycles. The Morgan fingerprint density at radius 2 is 1.85 bits per heavy atom. The van der Waals surface area contributed by atoms with Crippen LogP contribution in [0, 0.1) is 5.92 Å². The molecule has 8 heteroatoms. The SMILES string of the molecule is CCC(C)C(=O)NCCOP(=O)(O)OCC[N+](C)(C)C. The molecule has 0 saturated heterocycles. The van der Waals surface area contributed by atoms with E-state index in [-0.39, 0.29) is 31.6 Å². The molecule has 0 fully saturated rings. The van der Waals surface area contributed by atoms with Gasteiger partial charge >= 0.3 is 7.82 Å². The second kappa shape index (κ2) is 8.74. The van der Waals surface area contributed by atoms with E-state index in [1.165, 1.54) is 0 Å². The summed E-state index contributed by atoms with van der Waals surface area (Å²) in [6.07, 6.45) is 0.749. The second-order valence-corrected chi connectivity index (χ2v) is 7.20. The summed E-state index contributed by atoms with van der Waals surface area (Å²) >= 11 is 0. The summed E-state index contributed by atoms with van der Waals surface area (Å²) in [6, 6.07) is 0. The summed E-state index contributed by atoms with van der Waals surface area (Å²) in [6.45, 7) is 4.60. The fourth-order valence-corrected chi connectivity index (χ4v) is 1.87. The first-order chi connectivity index (χ1) is 9.07. The number of nitrogens with zero attached hydrogens (tertiary/aromatic N) is 1. The zero-order valence-electron chi connectivity index (χ0n) is 13.1. The summed E-state index contributed by atoms with van der Waals surface area (Å²) in [4.78, 5) is 20.9. The number of rotatable bonds is 10. The topological polar surface area (TPSA) is 84.9 Å². The fraction of sp³-hybridized carbons (Fsp3) is 0.917. The molecular weight excluding hydrogens is 283 g/mol. The lowest BCUT2D eigenvalue weighted by Gasteiger charge is -2.24. The van der Waals surface area contributed by atoms with E-state index in [2.05, 4.69) is 5.32 Å². The summed E-state index contributed by atoms with van der Waals surface area (Å²) < 4.78 is 21.8. The van der Waals surface area contributed by atoms with Crippen molar-refractivity contribution in [1.29, 1.82) is 0 Å². The summed E-state index contributed by atoms with van der Waals surface area (Å²) in [5.74, 6) is -0.161. The fourth-order valence-electron chi connectivity index (χ4n) is 1.16. The number of amides is 1. The van der Waals surface area contributed by atoms with Gasteiger partial charge in [-0.05, 0) is 6.42 Å². The van der Waals surface area contributed by atoms with Crippen molar-refractivity contribution in [1.82, 2.24) is 5.32 Å². The van der Waals surface area contributed by atoms with Gasteiger partial charge in [-0.15, -0.1) is 0 Å². The molecule has 0 rings (SSSR count). The minimum absolute atomic E-state index is 0.0552. The predicted molar refractivity (Wildman–Crippen MR) is 77.1 cm³/mol. The second-order valence-electron chi connectivity index (χ2n) is 5.75. The van der Waals surface area contributed by atoms with Gasteiger partial charge in [0.05, 0.1) is 27.7 Å². The number of likely N-dealkylation sites (N-methyl/N-ethyl adjacent to an activating group) is 1. The number of hydrogen-bond acceptors (Lipinski definition) is 4. The van der Waals surface area contributed by atoms with Gasteiger partial charge in [0.2, 0.25) is 5.91 Å². The van der Waals surface area contributed by atoms with Crippen molar-refractivity contribution >= 4 is 13.7 Å². The van der Waals surface area contributed by atoms with Crippen LogP contribution in [0.25, 0.3) is 0 Å². The summed E-state index contributed by atoms with van der Waals surface area (Å²) in [5, 5.41) is 2.63. The Labute approximate surface area is 121 Å². The van der Waals surface area contributed by atoms with Crippen molar-refractivity contribution in [2.24, 2.45) is 5.92 Å². The highest BCUT2D eigenvalue weighted by atomic mass is 31.2. The number of nitrogens with one attached hydrogen (secondary N) is 1. The maximum absolute atomic E-state index is 11.5. The molecule has 20 heavy (non-hydrogen) atoms.